The zero-order valence-corrected chi connectivity index (χ0v) is 95.3. The standard InChI is InChI=1S/C34H31N2Si.C33H29N2Si.C31H33N2Si.3C11H8N.3Ir/c1-23-19-27(37(3,4)5)16-17-28(23)31-22-35-32(20-24(31)2)25-15-18-34-30(21-25)29-13-9-10-14-33(29)36(34)26-11-7-6-8-12-26;1-23-20-31(34-22-30(23)24-14-17-27(18-15-24)36(2,3)4)25-16-19-33-29(21-25)28-12-8-9-13-32(28)35(33)26-10-6-5-7-11-26;1-21(2)20-33-30-10-8-7-9-26(30)27-18-24(13-16-31(27)33)29-17-22(3)28(19-32-29)23-11-14-25(15-12-23)34(4,5)6;3*1-2-6-10(7-3-1)11-8-4-5-9-12-11;;;/h6-14,16-22H,1-5H3;5-15,17-22H,1-4H3;7-12,14-19,21H,20H2,1-6H3;3*1-6,8-9H;;;/q6*-1;;;. The summed E-state index contributed by atoms with van der Waals surface area (Å²) >= 11 is 0. The Hall–Kier alpha value is -14.0. The predicted octanol–water partition coefficient (Wildman–Crippen LogP) is 32.1. The van der Waals surface area contributed by atoms with Gasteiger partial charge in [0.1, 0.15) is 0 Å². The topological polar surface area (TPSA) is 92.1 Å². The number of hydrogen-bond acceptors (Lipinski definition) is 6. The van der Waals surface area contributed by atoms with Gasteiger partial charge >= 0.3 is 0 Å². The molecule has 0 aliphatic rings. The van der Waals surface area contributed by atoms with E-state index in [9.17, 15) is 0 Å². The molecule has 0 aliphatic carbocycles. The average Bonchev–Trinajstić information content (AvgIpc) is 1.59. The van der Waals surface area contributed by atoms with Crippen LogP contribution in [-0.2, 0) is 66.9 Å². The van der Waals surface area contributed by atoms with Crippen LogP contribution < -0.4 is 15.6 Å². The Morgan fingerprint density at radius 1 is 0.247 bits per heavy atom. The van der Waals surface area contributed by atoms with Crippen LogP contribution in [0.15, 0.2) is 419 Å². The zero-order valence-electron chi connectivity index (χ0n) is 85.1. The quantitative estimate of drug-likeness (QED) is 0.0707. The monoisotopic (exact) mass is 2480 g/mol. The second-order valence-electron chi connectivity index (χ2n) is 39.9. The summed E-state index contributed by atoms with van der Waals surface area (Å²) in [5.74, 6) is 0.579. The van der Waals surface area contributed by atoms with Crippen molar-refractivity contribution in [2.75, 3.05) is 0 Å². The van der Waals surface area contributed by atoms with E-state index in [0.717, 1.165) is 96.5 Å². The predicted molar refractivity (Wildman–Crippen MR) is 612 cm³/mol. The molecule has 9 heterocycles. The van der Waals surface area contributed by atoms with Crippen LogP contribution in [0.4, 0.5) is 0 Å². The summed E-state index contributed by atoms with van der Waals surface area (Å²) in [6, 6.07) is 153. The van der Waals surface area contributed by atoms with E-state index < -0.39 is 24.2 Å². The number of pyridine rings is 6. The third-order valence-electron chi connectivity index (χ3n) is 26.1. The molecular weight excluding hydrogens is 2360 g/mol. The first-order valence-electron chi connectivity index (χ1n) is 49.2. The summed E-state index contributed by atoms with van der Waals surface area (Å²) in [5.41, 5.74) is 33.9. The minimum absolute atomic E-state index is 0. The molecule has 0 unspecified atom stereocenters. The second-order valence-corrected chi connectivity index (χ2v) is 55.1. The summed E-state index contributed by atoms with van der Waals surface area (Å²) in [7, 11) is -3.94. The van der Waals surface area contributed by atoms with Crippen molar-refractivity contribution < 1.29 is 60.3 Å². The maximum Gasteiger partial charge on any atom is 0.0776 e. The van der Waals surface area contributed by atoms with Gasteiger partial charge in [-0.25, -0.2) is 0 Å². The number of hydrogen-bond donors (Lipinski definition) is 0. The van der Waals surface area contributed by atoms with Gasteiger partial charge in [0.2, 0.25) is 0 Å². The summed E-state index contributed by atoms with van der Waals surface area (Å²) < 4.78 is 7.07. The van der Waals surface area contributed by atoms with Gasteiger partial charge in [0, 0.05) is 149 Å². The fourth-order valence-corrected chi connectivity index (χ4v) is 22.0. The Kier molecular flexibility index (Phi) is 34.8. The van der Waals surface area contributed by atoms with Crippen molar-refractivity contribution in [3.8, 4) is 112 Å². The molecule has 0 N–H and O–H groups in total. The zero-order chi connectivity index (χ0) is 99.3. The molecule has 0 spiro atoms. The van der Waals surface area contributed by atoms with Gasteiger partial charge in [-0.15, -0.1) is 179 Å². The average molecular weight is 2480 g/mol. The molecular formula is C131H117Ir3N9Si3-6. The van der Waals surface area contributed by atoms with E-state index in [4.69, 9.17) is 15.0 Å². The second kappa shape index (κ2) is 47.9. The Bertz CT molecular complexity index is 8030. The molecule has 14 aromatic carbocycles. The van der Waals surface area contributed by atoms with Gasteiger partial charge in [-0.2, -0.15) is 0 Å². The molecule has 3 radical (unpaired) electrons. The van der Waals surface area contributed by atoms with Crippen molar-refractivity contribution >= 4 is 105 Å². The Labute approximate surface area is 904 Å². The maximum absolute atomic E-state index is 4.92. The molecule has 0 atom stereocenters. The fourth-order valence-electron chi connectivity index (χ4n) is 18.5. The van der Waals surface area contributed by atoms with E-state index in [1.807, 2.05) is 146 Å². The van der Waals surface area contributed by atoms with Gasteiger partial charge in [0.05, 0.1) is 24.2 Å². The van der Waals surface area contributed by atoms with Crippen LogP contribution in [0, 0.1) is 70.0 Å². The largest absolute Gasteiger partial charge is 0.380 e. The van der Waals surface area contributed by atoms with Crippen LogP contribution >= 0.6 is 0 Å². The minimum atomic E-state index is -1.34. The van der Waals surface area contributed by atoms with E-state index in [1.54, 1.807) is 18.6 Å². The molecule has 0 amide bonds. The summed E-state index contributed by atoms with van der Waals surface area (Å²) in [5, 5.41) is 11.9. The molecule has 0 saturated carbocycles. The first kappa shape index (κ1) is 106. The van der Waals surface area contributed by atoms with Crippen molar-refractivity contribution in [3.63, 3.8) is 0 Å². The maximum atomic E-state index is 4.92. The van der Waals surface area contributed by atoms with Crippen LogP contribution in [0.1, 0.15) is 36.1 Å². The minimum Gasteiger partial charge on any atom is -0.380 e. The van der Waals surface area contributed by atoms with Crippen molar-refractivity contribution in [1.29, 1.82) is 0 Å². The number of para-hydroxylation sites is 5. The number of fused-ring (bicyclic) bond motifs is 9. The van der Waals surface area contributed by atoms with Crippen LogP contribution in [0.25, 0.3) is 178 Å². The van der Waals surface area contributed by atoms with Gasteiger partial charge in [-0.1, -0.05) is 317 Å². The van der Waals surface area contributed by atoms with Crippen LogP contribution in [0.5, 0.6) is 0 Å². The molecule has 0 aliphatic heterocycles. The van der Waals surface area contributed by atoms with E-state index in [2.05, 4.69) is 420 Å². The Morgan fingerprint density at radius 3 is 0.897 bits per heavy atom. The van der Waals surface area contributed by atoms with Crippen LogP contribution in [0.2, 0.25) is 58.9 Å². The smallest absolute Gasteiger partial charge is 0.0776 e. The van der Waals surface area contributed by atoms with Gasteiger partial charge in [-0.3, -0.25) is 0 Å². The molecule has 23 aromatic rings. The first-order chi connectivity index (χ1) is 69.3. The Morgan fingerprint density at radius 2 is 0.562 bits per heavy atom. The third-order valence-corrected chi connectivity index (χ3v) is 32.3. The summed E-state index contributed by atoms with van der Waals surface area (Å²) in [6.07, 6.45) is 11.4. The summed E-state index contributed by atoms with van der Waals surface area (Å²) in [4.78, 5) is 27.3. The van der Waals surface area contributed by atoms with Crippen molar-refractivity contribution in [3.05, 3.63) is 478 Å². The number of aromatic nitrogens is 9. The SMILES string of the molecule is Cc1cc(-c2[c-]cc3c(c2)c2ccccc2n3-c2ccccc2)ncc1-c1ccc([Si](C)(C)C)cc1.Cc1cc(-c2[c-]cc3c(c2)c2ccccc2n3CC(C)C)ncc1-c1ccc([Si](C)(C)C)cc1.Cc1cc([Si](C)(C)C)ccc1-c1cnc(-c2[c-]cc3c(c2)c2ccccc2n3-c2ccccc2)cc1C.[Ir].[Ir].[Ir].[c-]1ccccc1-c1ccccn1.[c-]1ccccc1-c1ccccn1.[c-]1ccccc1-c1ccccn1. The third kappa shape index (κ3) is 24.7. The number of nitrogens with zero attached hydrogens (tertiary/aromatic N) is 9. The normalized spacial score (nSPS) is 11.2. The van der Waals surface area contributed by atoms with Gasteiger partial charge < -0.3 is 43.6 Å². The molecule has 0 saturated heterocycles. The van der Waals surface area contributed by atoms with Crippen molar-refractivity contribution in [2.24, 2.45) is 5.92 Å². The van der Waals surface area contributed by atoms with E-state index in [0.29, 0.717) is 5.92 Å². The van der Waals surface area contributed by atoms with E-state index in [-0.39, 0.29) is 60.3 Å². The molecule has 23 rings (SSSR count). The van der Waals surface area contributed by atoms with Gasteiger partial charge in [0.15, 0.2) is 0 Å². The van der Waals surface area contributed by atoms with Crippen molar-refractivity contribution in [2.45, 2.75) is 107 Å². The van der Waals surface area contributed by atoms with Gasteiger partial charge in [0.25, 0.3) is 0 Å². The number of aryl methyl sites for hydroxylation is 4. The molecule has 731 valence electrons. The molecule has 0 fully saturated rings. The van der Waals surface area contributed by atoms with Crippen molar-refractivity contribution in [1.82, 2.24) is 43.6 Å². The summed E-state index contributed by atoms with van der Waals surface area (Å²) in [6.45, 7) is 35.8. The molecule has 0 bridgehead atoms. The van der Waals surface area contributed by atoms with E-state index in [1.165, 1.54) is 126 Å². The van der Waals surface area contributed by atoms with Gasteiger partial charge in [-0.05, 0) is 200 Å². The number of benzene rings is 14. The number of rotatable bonds is 16. The van der Waals surface area contributed by atoms with Crippen LogP contribution in [0.3, 0.4) is 0 Å². The first-order valence-corrected chi connectivity index (χ1v) is 59.7. The Balaban J connectivity index is 0.000000139. The fraction of sp³-hybridized carbons (Fsp3) is 0.130. The molecule has 15 heteroatoms. The van der Waals surface area contributed by atoms with Crippen LogP contribution in [-0.4, -0.2) is 67.8 Å². The van der Waals surface area contributed by atoms with E-state index >= 15 is 0 Å². The molecule has 9 aromatic heterocycles. The molecule has 146 heavy (non-hydrogen) atoms. The molecule has 9 nitrogen and oxygen atoms in total.